The summed E-state index contributed by atoms with van der Waals surface area (Å²) in [4.78, 5) is 13.9. The van der Waals surface area contributed by atoms with Crippen LogP contribution in [0.2, 0.25) is 0 Å². The topological polar surface area (TPSA) is 26.3 Å². The minimum absolute atomic E-state index is 0.118. The van der Waals surface area contributed by atoms with Crippen molar-refractivity contribution >= 4 is 13.5 Å². The van der Waals surface area contributed by atoms with Crippen LogP contribution in [0.25, 0.3) is 0 Å². The van der Waals surface area contributed by atoms with Crippen LogP contribution in [0.1, 0.15) is 291 Å². The molecule has 0 aromatic heterocycles. The number of hydrogen-bond acceptors (Lipinski definition) is 2. The predicted octanol–water partition coefficient (Wildman–Crippen LogP) is 18.5. The normalized spacial score (nSPS) is 12.8. The van der Waals surface area contributed by atoms with Crippen LogP contribution in [0, 0.1) is 5.92 Å². The Balaban J connectivity index is 5.08. The Morgan fingerprint density at radius 1 is 0.340 bits per heavy atom. The third kappa shape index (κ3) is 36.0. The van der Waals surface area contributed by atoms with Crippen LogP contribution in [-0.2, 0) is 9.32 Å². The second kappa shape index (κ2) is 43.0. The molecule has 0 saturated carbocycles. The monoisotopic (exact) mass is 767 g/mol. The van der Waals surface area contributed by atoms with E-state index in [2.05, 4.69) is 34.6 Å². The standard InChI is InChI=1S/C50H103O2P/c1-6-11-15-18-21-24-27-30-33-36-39-42-46-53(52-50(51)49(10-5)45-14-9-4,47-43-40-37-34-31-28-25-22-19-16-12-7-2)48-44-41-38-35-32-29-26-23-20-17-13-8-3/h49,53H,6-48H2,1-5H3. The molecule has 0 fully saturated rings. The van der Waals surface area contributed by atoms with Gasteiger partial charge in [0, 0.05) is 0 Å². The molecule has 0 bridgehead atoms. The van der Waals surface area contributed by atoms with Crippen molar-refractivity contribution in [2.24, 2.45) is 5.92 Å². The molecule has 320 valence electrons. The van der Waals surface area contributed by atoms with E-state index in [1.807, 2.05) is 0 Å². The Labute approximate surface area is 337 Å². The van der Waals surface area contributed by atoms with Crippen LogP contribution in [0.15, 0.2) is 0 Å². The number of hydrogen-bond donors (Lipinski definition) is 0. The van der Waals surface area contributed by atoms with Gasteiger partial charge in [0.2, 0.25) is 0 Å². The molecule has 0 amide bonds. The molecule has 1 atom stereocenters. The zero-order valence-corrected chi connectivity index (χ0v) is 38.8. The van der Waals surface area contributed by atoms with E-state index < -0.39 is 7.49 Å². The molecule has 0 aromatic rings. The maximum atomic E-state index is 13.9. The predicted molar refractivity (Wildman–Crippen MR) is 246 cm³/mol. The molecule has 53 heavy (non-hydrogen) atoms. The molecule has 0 aromatic carbocycles. The van der Waals surface area contributed by atoms with Gasteiger partial charge in [0.1, 0.15) is 0 Å². The van der Waals surface area contributed by atoms with Gasteiger partial charge in [-0.1, -0.05) is 40.0 Å². The summed E-state index contributed by atoms with van der Waals surface area (Å²) in [5.74, 6) is 0.317. The van der Waals surface area contributed by atoms with E-state index in [1.54, 1.807) is 0 Å². The van der Waals surface area contributed by atoms with Gasteiger partial charge in [-0.2, -0.15) is 0 Å². The van der Waals surface area contributed by atoms with Crippen molar-refractivity contribution < 1.29 is 9.32 Å². The Morgan fingerprint density at radius 2 is 0.566 bits per heavy atom. The molecule has 0 rings (SSSR count). The number of carbonyl (C=O) groups excluding carboxylic acids is 1. The average Bonchev–Trinajstić information content (AvgIpc) is 3.16. The molecule has 0 spiro atoms. The van der Waals surface area contributed by atoms with Gasteiger partial charge in [0.25, 0.3) is 0 Å². The third-order valence-electron chi connectivity index (χ3n) is 12.5. The van der Waals surface area contributed by atoms with Crippen molar-refractivity contribution in [3.8, 4) is 0 Å². The van der Waals surface area contributed by atoms with Crippen LogP contribution in [0.5, 0.6) is 0 Å². The Hall–Kier alpha value is -0.100. The molecule has 0 aliphatic rings. The van der Waals surface area contributed by atoms with Crippen LogP contribution < -0.4 is 0 Å². The van der Waals surface area contributed by atoms with Crippen LogP contribution >= 0.6 is 7.49 Å². The van der Waals surface area contributed by atoms with Gasteiger partial charge in [0.05, 0.1) is 0 Å². The summed E-state index contributed by atoms with van der Waals surface area (Å²) in [5, 5.41) is 0. The van der Waals surface area contributed by atoms with Crippen molar-refractivity contribution in [1.29, 1.82) is 0 Å². The molecule has 0 aliphatic carbocycles. The van der Waals surface area contributed by atoms with E-state index in [9.17, 15) is 4.79 Å². The molecule has 0 saturated heterocycles. The van der Waals surface area contributed by atoms with Crippen molar-refractivity contribution in [3.63, 3.8) is 0 Å². The zero-order chi connectivity index (χ0) is 38.8. The second-order valence-corrected chi connectivity index (χ2v) is 21.8. The maximum absolute atomic E-state index is 13.9. The summed E-state index contributed by atoms with van der Waals surface area (Å²) in [5.41, 5.74) is 0. The fourth-order valence-electron chi connectivity index (χ4n) is 8.63. The van der Waals surface area contributed by atoms with Gasteiger partial charge in [-0.15, -0.1) is 0 Å². The van der Waals surface area contributed by atoms with E-state index in [4.69, 9.17) is 4.52 Å². The van der Waals surface area contributed by atoms with Gasteiger partial charge >= 0.3 is 299 Å². The Kier molecular flexibility index (Phi) is 42.9. The summed E-state index contributed by atoms with van der Waals surface area (Å²) in [6.45, 7) is 11.4. The first-order chi connectivity index (χ1) is 26.1. The molecule has 0 N–H and O–H groups in total. The molecule has 1 unspecified atom stereocenters. The van der Waals surface area contributed by atoms with Crippen molar-refractivity contribution in [3.05, 3.63) is 0 Å². The first kappa shape index (κ1) is 52.9. The van der Waals surface area contributed by atoms with Crippen molar-refractivity contribution in [2.45, 2.75) is 291 Å². The van der Waals surface area contributed by atoms with E-state index in [-0.39, 0.29) is 11.9 Å². The van der Waals surface area contributed by atoms with E-state index in [0.717, 1.165) is 19.3 Å². The first-order valence-electron chi connectivity index (χ1n) is 25.3. The number of unbranched alkanes of at least 4 members (excludes halogenated alkanes) is 34. The number of rotatable bonds is 45. The van der Waals surface area contributed by atoms with E-state index in [0.29, 0.717) is 0 Å². The van der Waals surface area contributed by atoms with E-state index >= 15 is 0 Å². The van der Waals surface area contributed by atoms with Gasteiger partial charge in [0.15, 0.2) is 0 Å². The molecule has 3 heteroatoms. The van der Waals surface area contributed by atoms with Gasteiger partial charge in [-0.25, -0.2) is 0 Å². The molecular weight excluding hydrogens is 664 g/mol. The van der Waals surface area contributed by atoms with Crippen molar-refractivity contribution in [1.82, 2.24) is 0 Å². The average molecular weight is 767 g/mol. The van der Waals surface area contributed by atoms with Gasteiger partial charge in [-0.3, -0.25) is 0 Å². The fourth-order valence-corrected chi connectivity index (χ4v) is 13.0. The molecule has 0 radical (unpaired) electrons. The van der Waals surface area contributed by atoms with Crippen LogP contribution in [0.3, 0.4) is 0 Å². The Morgan fingerprint density at radius 3 is 0.792 bits per heavy atom. The van der Waals surface area contributed by atoms with Crippen molar-refractivity contribution in [2.75, 3.05) is 18.5 Å². The molecule has 2 nitrogen and oxygen atoms in total. The SMILES string of the molecule is CCCCCCCCCCCCCC[PH](CCCCCCCCCCCCCC)(CCCCCCCCCCCCCC)OC(=O)C(CC)CCCC. The van der Waals surface area contributed by atoms with Crippen LogP contribution in [-0.4, -0.2) is 24.5 Å². The zero-order valence-electron chi connectivity index (χ0n) is 37.8. The summed E-state index contributed by atoms with van der Waals surface area (Å²) in [6, 6.07) is 0. The summed E-state index contributed by atoms with van der Waals surface area (Å²) < 4.78 is 6.99. The quantitative estimate of drug-likeness (QED) is 0.0456. The summed E-state index contributed by atoms with van der Waals surface area (Å²) in [6.07, 6.45) is 58.2. The van der Waals surface area contributed by atoms with Gasteiger partial charge < -0.3 is 0 Å². The number of carbonyl (C=O) groups is 1. The van der Waals surface area contributed by atoms with Gasteiger partial charge in [-0.05, 0) is 0 Å². The minimum atomic E-state index is -2.12. The molecular formula is C50H103O2P. The second-order valence-electron chi connectivity index (χ2n) is 17.8. The molecule has 0 aliphatic heterocycles. The Bertz CT molecular complexity index is 638. The summed E-state index contributed by atoms with van der Waals surface area (Å²) >= 11 is 0. The first-order valence-corrected chi connectivity index (χ1v) is 27.8. The summed E-state index contributed by atoms with van der Waals surface area (Å²) in [7, 11) is -2.12. The van der Waals surface area contributed by atoms with E-state index in [1.165, 1.54) is 256 Å². The molecule has 0 heterocycles. The van der Waals surface area contributed by atoms with Crippen LogP contribution in [0.4, 0.5) is 0 Å². The fraction of sp³-hybridized carbons (Fsp3) is 0.980. The third-order valence-corrected chi connectivity index (χ3v) is 16.9.